The van der Waals surface area contributed by atoms with E-state index in [2.05, 4.69) is 10.3 Å². The number of pyridine rings is 1. The van der Waals surface area contributed by atoms with Crippen LogP contribution >= 0.6 is 35.4 Å². The summed E-state index contributed by atoms with van der Waals surface area (Å²) in [4.78, 5) is 6.59. The minimum Gasteiger partial charge on any atom is -0.495 e. The van der Waals surface area contributed by atoms with Gasteiger partial charge in [0.15, 0.2) is 5.11 Å². The molecule has 0 spiro atoms. The van der Waals surface area contributed by atoms with Gasteiger partial charge in [0, 0.05) is 11.8 Å². The molecule has 0 radical (unpaired) electrons. The first kappa shape index (κ1) is 21.8. The Morgan fingerprint density at radius 2 is 1.82 bits per heavy atom. The van der Waals surface area contributed by atoms with Crippen molar-refractivity contribution < 1.29 is 9.15 Å². The smallest absolute Gasteiger partial charge is 0.174 e. The van der Waals surface area contributed by atoms with Gasteiger partial charge in [-0.15, -0.1) is 0 Å². The number of ether oxygens (including phenoxy) is 1. The normalized spacial score (nSPS) is 17.8. The molecule has 1 saturated heterocycles. The van der Waals surface area contributed by atoms with Gasteiger partial charge in [0.1, 0.15) is 23.3 Å². The highest BCUT2D eigenvalue weighted by Gasteiger charge is 2.43. The van der Waals surface area contributed by atoms with E-state index in [0.29, 0.717) is 26.7 Å². The van der Waals surface area contributed by atoms with Crippen LogP contribution in [0, 0.1) is 0 Å². The molecule has 1 aliphatic heterocycles. The van der Waals surface area contributed by atoms with E-state index in [0.717, 1.165) is 22.7 Å². The molecule has 0 unspecified atom stereocenters. The Morgan fingerprint density at radius 3 is 2.58 bits per heavy atom. The van der Waals surface area contributed by atoms with Crippen molar-refractivity contribution in [3.05, 3.63) is 100 Å². The average Bonchev–Trinajstić information content (AvgIpc) is 3.46. The largest absolute Gasteiger partial charge is 0.495 e. The molecule has 5 rings (SSSR count). The van der Waals surface area contributed by atoms with Crippen molar-refractivity contribution in [2.24, 2.45) is 0 Å². The molecule has 0 amide bonds. The number of aromatic nitrogens is 1. The fourth-order valence-electron chi connectivity index (χ4n) is 4.05. The van der Waals surface area contributed by atoms with Crippen LogP contribution in [-0.2, 0) is 0 Å². The molecule has 0 aliphatic carbocycles. The van der Waals surface area contributed by atoms with Gasteiger partial charge < -0.3 is 19.4 Å². The third-order valence-electron chi connectivity index (χ3n) is 5.57. The Morgan fingerprint density at radius 1 is 1.00 bits per heavy atom. The fourth-order valence-corrected chi connectivity index (χ4v) is 4.69. The monoisotopic (exact) mass is 495 g/mol. The molecule has 1 aliphatic rings. The van der Waals surface area contributed by atoms with Gasteiger partial charge in [0.25, 0.3) is 0 Å². The first-order valence-corrected chi connectivity index (χ1v) is 11.4. The summed E-state index contributed by atoms with van der Waals surface area (Å²) in [6, 6.07) is 22.4. The molecule has 5 nitrogen and oxygen atoms in total. The van der Waals surface area contributed by atoms with Gasteiger partial charge in [0.2, 0.25) is 0 Å². The molecule has 8 heteroatoms. The number of halogens is 2. The summed E-state index contributed by atoms with van der Waals surface area (Å²) in [5.41, 5.74) is 2.53. The summed E-state index contributed by atoms with van der Waals surface area (Å²) in [6.07, 6.45) is 1.77. The van der Waals surface area contributed by atoms with E-state index in [1.807, 2.05) is 65.6 Å². The molecule has 3 heterocycles. The quantitative estimate of drug-likeness (QED) is 0.306. The van der Waals surface area contributed by atoms with Crippen LogP contribution in [0.15, 0.2) is 83.4 Å². The summed E-state index contributed by atoms with van der Waals surface area (Å²) in [5.74, 6) is 2.12. The number of para-hydroxylation sites is 2. The van der Waals surface area contributed by atoms with Gasteiger partial charge in [-0.2, -0.15) is 0 Å². The molecule has 1 N–H and O–H groups in total. The summed E-state index contributed by atoms with van der Waals surface area (Å²) < 4.78 is 12.0. The van der Waals surface area contributed by atoms with Crippen molar-refractivity contribution in [1.29, 1.82) is 0 Å². The zero-order valence-electron chi connectivity index (χ0n) is 17.5. The van der Waals surface area contributed by atoms with Gasteiger partial charge >= 0.3 is 0 Å². The predicted molar refractivity (Wildman–Crippen MR) is 135 cm³/mol. The third-order valence-corrected chi connectivity index (χ3v) is 6.62. The SMILES string of the molecule is COc1ccccc1N1C(=S)N[C@H](c2ccccn2)[C@@H]1c1ccc(-c2ccc(Cl)c(Cl)c2)o1. The van der Waals surface area contributed by atoms with E-state index < -0.39 is 0 Å². The molecule has 2 aromatic heterocycles. The number of thiocarbonyl (C=S) groups is 1. The highest BCUT2D eigenvalue weighted by molar-refractivity contribution is 7.80. The highest BCUT2D eigenvalue weighted by atomic mass is 35.5. The number of hydrogen-bond acceptors (Lipinski definition) is 4. The summed E-state index contributed by atoms with van der Waals surface area (Å²) in [5, 5.41) is 4.95. The number of rotatable bonds is 5. The Labute approximate surface area is 206 Å². The lowest BCUT2D eigenvalue weighted by Gasteiger charge is -2.27. The van der Waals surface area contributed by atoms with Crippen molar-refractivity contribution in [1.82, 2.24) is 10.3 Å². The average molecular weight is 496 g/mol. The van der Waals surface area contributed by atoms with Crippen molar-refractivity contribution in [3.63, 3.8) is 0 Å². The van der Waals surface area contributed by atoms with Gasteiger partial charge in [-0.1, -0.05) is 41.4 Å². The van der Waals surface area contributed by atoms with Crippen LogP contribution < -0.4 is 15.0 Å². The first-order chi connectivity index (χ1) is 16.1. The van der Waals surface area contributed by atoms with E-state index >= 15 is 0 Å². The summed E-state index contributed by atoms with van der Waals surface area (Å²) in [7, 11) is 1.64. The van der Waals surface area contributed by atoms with E-state index in [1.54, 1.807) is 25.4 Å². The number of benzene rings is 2. The molecule has 0 bridgehead atoms. The zero-order chi connectivity index (χ0) is 22.9. The molecule has 33 heavy (non-hydrogen) atoms. The molecular weight excluding hydrogens is 477 g/mol. The number of furan rings is 1. The van der Waals surface area contributed by atoms with Crippen LogP contribution in [0.4, 0.5) is 5.69 Å². The third kappa shape index (κ3) is 4.06. The maximum Gasteiger partial charge on any atom is 0.174 e. The standard InChI is InChI=1S/C25H19Cl2N3O2S/c1-31-21-8-3-2-7-19(21)30-24(23(29-25(30)33)18-6-4-5-13-28-18)22-12-11-20(32-22)15-9-10-16(26)17(27)14-15/h2-14,23-24H,1H3,(H,29,33)/t23-,24+/m1/s1. The van der Waals surface area contributed by atoms with Crippen molar-refractivity contribution in [3.8, 4) is 17.1 Å². The predicted octanol–water partition coefficient (Wildman–Crippen LogP) is 6.83. The number of methoxy groups -OCH3 is 1. The highest BCUT2D eigenvalue weighted by Crippen LogP contribution is 2.45. The second-order valence-corrected chi connectivity index (χ2v) is 8.70. The van der Waals surface area contributed by atoms with E-state index in [4.69, 9.17) is 44.6 Å². The summed E-state index contributed by atoms with van der Waals surface area (Å²) in [6.45, 7) is 0. The van der Waals surface area contributed by atoms with Crippen molar-refractivity contribution >= 4 is 46.2 Å². The molecule has 4 aromatic rings. The Kier molecular flexibility index (Phi) is 5.98. The molecule has 0 saturated carbocycles. The number of nitrogens with one attached hydrogen (secondary N) is 1. The number of nitrogens with zero attached hydrogens (tertiary/aromatic N) is 2. The van der Waals surface area contributed by atoms with E-state index in [1.165, 1.54) is 0 Å². The number of hydrogen-bond donors (Lipinski definition) is 1. The van der Waals surface area contributed by atoms with Crippen LogP contribution in [-0.4, -0.2) is 17.2 Å². The summed E-state index contributed by atoms with van der Waals surface area (Å²) >= 11 is 18.1. The second-order valence-electron chi connectivity index (χ2n) is 7.50. The number of anilines is 1. The van der Waals surface area contributed by atoms with Gasteiger partial charge in [-0.05, 0) is 66.8 Å². The van der Waals surface area contributed by atoms with E-state index in [9.17, 15) is 0 Å². The van der Waals surface area contributed by atoms with Crippen LogP contribution in [0.5, 0.6) is 5.75 Å². The van der Waals surface area contributed by atoms with Crippen LogP contribution in [0.2, 0.25) is 10.0 Å². The topological polar surface area (TPSA) is 50.5 Å². The van der Waals surface area contributed by atoms with Gasteiger partial charge in [-0.3, -0.25) is 4.98 Å². The lowest BCUT2D eigenvalue weighted by Crippen LogP contribution is -2.29. The fraction of sp³-hybridized carbons (Fsp3) is 0.120. The Balaban J connectivity index is 1.62. The maximum atomic E-state index is 6.36. The van der Waals surface area contributed by atoms with Gasteiger partial charge in [-0.25, -0.2) is 0 Å². The second kappa shape index (κ2) is 9.06. The maximum absolute atomic E-state index is 6.36. The molecule has 1 fully saturated rings. The molecule has 2 atom stereocenters. The molecule has 166 valence electrons. The molecule has 2 aromatic carbocycles. The van der Waals surface area contributed by atoms with E-state index in [-0.39, 0.29) is 12.1 Å². The van der Waals surface area contributed by atoms with Crippen molar-refractivity contribution in [2.45, 2.75) is 12.1 Å². The van der Waals surface area contributed by atoms with Crippen LogP contribution in [0.1, 0.15) is 23.5 Å². The minimum absolute atomic E-state index is 0.226. The molecular formula is C25H19Cl2N3O2S. The van der Waals surface area contributed by atoms with Gasteiger partial charge in [0.05, 0.1) is 34.6 Å². The lowest BCUT2D eigenvalue weighted by molar-refractivity contribution is 0.409. The van der Waals surface area contributed by atoms with Crippen LogP contribution in [0.3, 0.4) is 0 Å². The van der Waals surface area contributed by atoms with Crippen LogP contribution in [0.25, 0.3) is 11.3 Å². The zero-order valence-corrected chi connectivity index (χ0v) is 19.9. The van der Waals surface area contributed by atoms with Crippen molar-refractivity contribution in [2.75, 3.05) is 12.0 Å². The Bertz CT molecular complexity index is 1310. The lowest BCUT2D eigenvalue weighted by atomic mass is 10.0. The Hall–Kier alpha value is -3.06. The minimum atomic E-state index is -0.291. The first-order valence-electron chi connectivity index (χ1n) is 10.3.